The van der Waals surface area contributed by atoms with Crippen molar-refractivity contribution in [3.63, 3.8) is 0 Å². The van der Waals surface area contributed by atoms with E-state index in [9.17, 15) is 0 Å². The van der Waals surface area contributed by atoms with Gasteiger partial charge < -0.3 is 0 Å². The van der Waals surface area contributed by atoms with Crippen LogP contribution in [0.5, 0.6) is 0 Å². The fourth-order valence-corrected chi connectivity index (χ4v) is 2.28. The molecule has 0 N–H and O–H groups in total. The fraction of sp³-hybridized carbons (Fsp3) is 0.375. The first-order valence-corrected chi connectivity index (χ1v) is 7.29. The van der Waals surface area contributed by atoms with Gasteiger partial charge in [0.15, 0.2) is 0 Å². The van der Waals surface area contributed by atoms with Crippen molar-refractivity contribution >= 4 is 31.1 Å². The van der Waals surface area contributed by atoms with Crippen LogP contribution in [-0.2, 0) is 0 Å². The molecule has 0 saturated carbocycles. The molecular weight excluding hydrogens is 145 g/mol. The molecule has 1 heterocycles. The molecule has 0 aliphatic heterocycles. The summed E-state index contributed by atoms with van der Waals surface area (Å²) in [7, 11) is -1.16. The van der Waals surface area contributed by atoms with E-state index in [-0.39, 0.29) is 0 Å². The monoisotopic (exact) mass is 157 g/mol. The van der Waals surface area contributed by atoms with E-state index in [1.54, 1.807) is 0 Å². The summed E-state index contributed by atoms with van der Waals surface area (Å²) in [5.74, 6) is 0. The first kappa shape index (κ1) is 9.06. The fourth-order valence-electron chi connectivity index (χ4n) is 0.944. The molecular formula is C8H12LiNSi. The molecule has 0 aliphatic rings. The van der Waals surface area contributed by atoms with Crippen LogP contribution in [-0.4, -0.2) is 30.8 Å². The summed E-state index contributed by atoms with van der Waals surface area (Å²) in [6, 6.07) is 6.20. The van der Waals surface area contributed by atoms with Crippen LogP contribution >= 0.6 is 0 Å². The third-order valence-electron chi connectivity index (χ3n) is 2.24. The molecule has 0 fully saturated rings. The molecule has 0 atom stereocenters. The first-order valence-electron chi connectivity index (χ1n) is 4.08. The summed E-state index contributed by atoms with van der Waals surface area (Å²) >= 11 is 2.25. The van der Waals surface area contributed by atoms with Gasteiger partial charge in [-0.1, -0.05) is 0 Å². The molecule has 0 aliphatic carbocycles. The van der Waals surface area contributed by atoms with Crippen molar-refractivity contribution in [3.8, 4) is 0 Å². The summed E-state index contributed by atoms with van der Waals surface area (Å²) in [5.41, 5.74) is 0. The van der Waals surface area contributed by atoms with E-state index in [1.807, 2.05) is 12.3 Å². The van der Waals surface area contributed by atoms with Gasteiger partial charge in [0.05, 0.1) is 0 Å². The van der Waals surface area contributed by atoms with E-state index < -0.39 is 8.07 Å². The molecule has 0 spiro atoms. The van der Waals surface area contributed by atoms with Gasteiger partial charge in [0.2, 0.25) is 0 Å². The summed E-state index contributed by atoms with van der Waals surface area (Å²) in [6.45, 7) is 4.71. The predicted octanol–water partition coefficient (Wildman–Crippen LogP) is 1.12. The van der Waals surface area contributed by atoms with Crippen molar-refractivity contribution in [2.75, 3.05) is 0 Å². The Bertz CT molecular complexity index is 223. The molecule has 0 radical (unpaired) electrons. The summed E-state index contributed by atoms with van der Waals surface area (Å²) in [5, 5.41) is 1.32. The molecule has 54 valence electrons. The summed E-state index contributed by atoms with van der Waals surface area (Å²) < 4.78 is 1.27. The average molecular weight is 157 g/mol. The number of hydrogen-bond donors (Lipinski definition) is 0. The Kier molecular flexibility index (Phi) is 2.94. The Balaban J connectivity index is 2.93. The minimum atomic E-state index is -1.16. The molecule has 3 heteroatoms. The third kappa shape index (κ3) is 2.20. The second kappa shape index (κ2) is 3.58. The van der Waals surface area contributed by atoms with Gasteiger partial charge in [-0.15, -0.1) is 0 Å². The average Bonchev–Trinajstić information content (AvgIpc) is 2.06. The Morgan fingerprint density at radius 1 is 1.45 bits per heavy atom. The van der Waals surface area contributed by atoms with Crippen molar-refractivity contribution in [1.82, 2.24) is 4.98 Å². The molecule has 0 unspecified atom stereocenters. The van der Waals surface area contributed by atoms with Gasteiger partial charge >= 0.3 is 78.3 Å². The zero-order chi connectivity index (χ0) is 8.32. The van der Waals surface area contributed by atoms with Gasteiger partial charge in [0.25, 0.3) is 0 Å². The first-order chi connectivity index (χ1) is 5.17. The van der Waals surface area contributed by atoms with Gasteiger partial charge in [-0.3, -0.25) is 0 Å². The van der Waals surface area contributed by atoms with Crippen molar-refractivity contribution in [2.24, 2.45) is 0 Å². The molecule has 1 aromatic heterocycles. The van der Waals surface area contributed by atoms with E-state index in [4.69, 9.17) is 0 Å². The van der Waals surface area contributed by atoms with Crippen LogP contribution in [0.15, 0.2) is 24.4 Å². The predicted molar refractivity (Wildman–Crippen MR) is 51.9 cm³/mol. The molecule has 0 aromatic carbocycles. The molecule has 0 amide bonds. The summed E-state index contributed by atoms with van der Waals surface area (Å²) in [4.78, 5) is 4.38. The Labute approximate surface area is 78.4 Å². The van der Waals surface area contributed by atoms with Crippen molar-refractivity contribution in [1.29, 1.82) is 0 Å². The number of rotatable bonds is 2. The Morgan fingerprint density at radius 3 is 2.64 bits per heavy atom. The van der Waals surface area contributed by atoms with Crippen molar-refractivity contribution < 1.29 is 0 Å². The normalized spacial score (nSPS) is 11.6. The minimum absolute atomic E-state index is 1.16. The van der Waals surface area contributed by atoms with E-state index >= 15 is 0 Å². The van der Waals surface area contributed by atoms with Crippen LogP contribution < -0.4 is 5.32 Å². The Hall–Kier alpha value is -0.0357. The van der Waals surface area contributed by atoms with Crippen LogP contribution in [0.3, 0.4) is 0 Å². The van der Waals surface area contributed by atoms with E-state index in [0.29, 0.717) is 0 Å². The van der Waals surface area contributed by atoms with E-state index in [1.165, 1.54) is 10.0 Å². The van der Waals surface area contributed by atoms with Crippen LogP contribution in [0.4, 0.5) is 0 Å². The van der Waals surface area contributed by atoms with Crippen LogP contribution in [0.2, 0.25) is 17.8 Å². The SMILES string of the molecule is [Li][CH2][Si](C)(C)c1ccccn1. The third-order valence-corrected chi connectivity index (χ3v) is 5.69. The number of hydrogen-bond acceptors (Lipinski definition) is 1. The molecule has 1 rings (SSSR count). The van der Waals surface area contributed by atoms with E-state index in [2.05, 4.69) is 47.9 Å². The maximum atomic E-state index is 4.38. The molecule has 0 saturated heterocycles. The van der Waals surface area contributed by atoms with Gasteiger partial charge in [-0.2, -0.15) is 0 Å². The Morgan fingerprint density at radius 2 is 2.18 bits per heavy atom. The van der Waals surface area contributed by atoms with Crippen molar-refractivity contribution in [3.05, 3.63) is 24.4 Å². The second-order valence-electron chi connectivity index (χ2n) is 3.45. The van der Waals surface area contributed by atoms with Gasteiger partial charge in [0, 0.05) is 0 Å². The molecule has 1 aromatic rings. The van der Waals surface area contributed by atoms with Crippen LogP contribution in [0.1, 0.15) is 0 Å². The molecule has 1 nitrogen and oxygen atoms in total. The van der Waals surface area contributed by atoms with Gasteiger partial charge in [-0.05, 0) is 0 Å². The number of nitrogens with zero attached hydrogens (tertiary/aromatic N) is 1. The maximum absolute atomic E-state index is 4.38. The topological polar surface area (TPSA) is 12.9 Å². The standard InChI is InChI=1S/C8H12NSi.Li/c1-10(2,3)8-6-4-5-7-9-8;/h4-7H,1H2,2-3H3;. The number of aromatic nitrogens is 1. The van der Waals surface area contributed by atoms with Gasteiger partial charge in [0.1, 0.15) is 0 Å². The van der Waals surface area contributed by atoms with Crippen LogP contribution in [0, 0.1) is 0 Å². The number of pyridine rings is 1. The summed E-state index contributed by atoms with van der Waals surface area (Å²) in [6.07, 6.45) is 1.89. The quantitative estimate of drug-likeness (QED) is 0.586. The van der Waals surface area contributed by atoms with Gasteiger partial charge in [-0.25, -0.2) is 0 Å². The molecule has 0 bridgehead atoms. The van der Waals surface area contributed by atoms with Crippen LogP contribution in [0.25, 0.3) is 0 Å². The van der Waals surface area contributed by atoms with E-state index in [0.717, 1.165) is 0 Å². The zero-order valence-corrected chi connectivity index (χ0v) is 8.46. The molecule has 11 heavy (non-hydrogen) atoms. The van der Waals surface area contributed by atoms with Crippen molar-refractivity contribution in [2.45, 2.75) is 17.8 Å². The zero-order valence-electron chi connectivity index (χ0n) is 7.46. The second-order valence-corrected chi connectivity index (χ2v) is 8.44.